The van der Waals surface area contributed by atoms with Crippen molar-refractivity contribution < 1.29 is 4.74 Å². The maximum atomic E-state index is 5.61. The Kier molecular flexibility index (Phi) is 3.63. The molecule has 2 nitrogen and oxygen atoms in total. The lowest BCUT2D eigenvalue weighted by molar-refractivity contribution is -0.0853. The Morgan fingerprint density at radius 1 is 1.50 bits per heavy atom. The van der Waals surface area contributed by atoms with Gasteiger partial charge in [-0.25, -0.2) is 0 Å². The van der Waals surface area contributed by atoms with Gasteiger partial charge in [-0.3, -0.25) is 0 Å². The van der Waals surface area contributed by atoms with Crippen LogP contribution in [0.4, 0.5) is 0 Å². The van der Waals surface area contributed by atoms with Gasteiger partial charge < -0.3 is 10.1 Å². The molecule has 0 saturated carbocycles. The second-order valence-electron chi connectivity index (χ2n) is 3.32. The quantitative estimate of drug-likeness (QED) is 0.583. The molecule has 3 heteroatoms. The number of rotatable bonds is 0. The van der Waals surface area contributed by atoms with Crippen LogP contribution in [0.2, 0.25) is 0 Å². The van der Waals surface area contributed by atoms with E-state index >= 15 is 0 Å². The third-order valence-corrected chi connectivity index (χ3v) is 1.50. The maximum Gasteiger partial charge on any atom is 0.0754 e. The van der Waals surface area contributed by atoms with E-state index in [0.29, 0.717) is 6.10 Å². The highest BCUT2D eigenvalue weighted by Gasteiger charge is 2.25. The normalized spacial score (nSPS) is 30.9. The van der Waals surface area contributed by atoms with Crippen molar-refractivity contribution in [1.82, 2.24) is 5.32 Å². The van der Waals surface area contributed by atoms with E-state index in [1.54, 1.807) is 0 Å². The van der Waals surface area contributed by atoms with Gasteiger partial charge in [-0.1, -0.05) is 0 Å². The van der Waals surface area contributed by atoms with Crippen LogP contribution in [-0.4, -0.2) is 24.8 Å². The van der Waals surface area contributed by atoms with Crippen LogP contribution in [0.5, 0.6) is 0 Å². The number of morpholine rings is 1. The molecule has 0 amide bonds. The van der Waals surface area contributed by atoms with E-state index in [0.717, 1.165) is 13.1 Å². The second kappa shape index (κ2) is 3.56. The summed E-state index contributed by atoms with van der Waals surface area (Å²) in [6, 6.07) is 0. The fourth-order valence-electron chi connectivity index (χ4n) is 1.20. The van der Waals surface area contributed by atoms with Crippen molar-refractivity contribution in [3.8, 4) is 0 Å². The van der Waals surface area contributed by atoms with Crippen molar-refractivity contribution in [2.75, 3.05) is 13.1 Å². The highest BCUT2D eigenvalue weighted by Crippen LogP contribution is 2.13. The molecule has 0 aliphatic carbocycles. The Balaban J connectivity index is 0.000000810. The minimum absolute atomic E-state index is 0. The molecule has 1 N–H and O–H groups in total. The van der Waals surface area contributed by atoms with E-state index in [9.17, 15) is 0 Å². The average molecular weight is 166 g/mol. The average Bonchev–Trinajstić information content (AvgIpc) is 1.60. The predicted octanol–water partition coefficient (Wildman–Crippen LogP) is 1.20. The number of hydrogen-bond acceptors (Lipinski definition) is 2. The molecule has 1 aliphatic rings. The molecule has 0 aromatic carbocycles. The smallest absolute Gasteiger partial charge is 0.0754 e. The number of ether oxygens (including phenoxy) is 1. The molecule has 10 heavy (non-hydrogen) atoms. The van der Waals surface area contributed by atoms with Crippen molar-refractivity contribution in [3.63, 3.8) is 0 Å². The Morgan fingerprint density at radius 3 is 2.40 bits per heavy atom. The summed E-state index contributed by atoms with van der Waals surface area (Å²) >= 11 is 0. The van der Waals surface area contributed by atoms with Gasteiger partial charge in [-0.05, 0) is 20.8 Å². The van der Waals surface area contributed by atoms with E-state index in [1.165, 1.54) is 0 Å². The van der Waals surface area contributed by atoms with Crippen molar-refractivity contribution in [2.24, 2.45) is 0 Å². The van der Waals surface area contributed by atoms with Crippen LogP contribution in [0.25, 0.3) is 0 Å². The maximum absolute atomic E-state index is 5.61. The first-order valence-corrected chi connectivity index (χ1v) is 3.49. The molecule has 0 aromatic heterocycles. The summed E-state index contributed by atoms with van der Waals surface area (Å²) in [5.74, 6) is 0. The summed E-state index contributed by atoms with van der Waals surface area (Å²) in [6.07, 6.45) is 0.369. The summed E-state index contributed by atoms with van der Waals surface area (Å²) < 4.78 is 5.61. The van der Waals surface area contributed by atoms with Gasteiger partial charge in [0, 0.05) is 13.1 Å². The molecule has 1 rings (SSSR count). The Labute approximate surface area is 68.7 Å². The molecular weight excluding hydrogens is 150 g/mol. The van der Waals surface area contributed by atoms with E-state index in [-0.39, 0.29) is 18.0 Å². The largest absolute Gasteiger partial charge is 0.370 e. The lowest BCUT2D eigenvalue weighted by Gasteiger charge is -2.34. The standard InChI is InChI=1S/C7H15NO.ClH/c1-6-4-8-5-7(2,3)9-6;/h6,8H,4-5H2,1-3H3;1H/t6-;/m1./s1. The Morgan fingerprint density at radius 2 is 2.10 bits per heavy atom. The second-order valence-corrected chi connectivity index (χ2v) is 3.32. The lowest BCUT2D eigenvalue weighted by atomic mass is 10.1. The minimum Gasteiger partial charge on any atom is -0.370 e. The third-order valence-electron chi connectivity index (χ3n) is 1.50. The topological polar surface area (TPSA) is 21.3 Å². The number of hydrogen-bond donors (Lipinski definition) is 1. The van der Waals surface area contributed by atoms with Crippen LogP contribution >= 0.6 is 12.4 Å². The SMILES string of the molecule is C[C@@H]1CNCC(C)(C)O1.Cl. The molecule has 0 bridgehead atoms. The highest BCUT2D eigenvalue weighted by molar-refractivity contribution is 5.85. The van der Waals surface area contributed by atoms with Gasteiger partial charge in [0.15, 0.2) is 0 Å². The Hall–Kier alpha value is 0.210. The summed E-state index contributed by atoms with van der Waals surface area (Å²) in [4.78, 5) is 0. The van der Waals surface area contributed by atoms with Crippen molar-refractivity contribution in [2.45, 2.75) is 32.5 Å². The molecule has 0 spiro atoms. The molecule has 1 aliphatic heterocycles. The lowest BCUT2D eigenvalue weighted by Crippen LogP contribution is -2.49. The van der Waals surface area contributed by atoms with Crippen molar-refractivity contribution >= 4 is 12.4 Å². The monoisotopic (exact) mass is 165 g/mol. The Bertz CT molecular complexity index is 106. The van der Waals surface area contributed by atoms with Gasteiger partial charge in [0.25, 0.3) is 0 Å². The zero-order valence-electron chi connectivity index (χ0n) is 6.81. The molecule has 62 valence electrons. The van der Waals surface area contributed by atoms with Crippen LogP contribution in [0.15, 0.2) is 0 Å². The zero-order valence-corrected chi connectivity index (χ0v) is 7.62. The third kappa shape index (κ3) is 2.86. The predicted molar refractivity (Wildman–Crippen MR) is 44.7 cm³/mol. The van der Waals surface area contributed by atoms with Gasteiger partial charge in [0.2, 0.25) is 0 Å². The molecular formula is C7H16ClNO. The van der Waals surface area contributed by atoms with Gasteiger partial charge in [0.05, 0.1) is 11.7 Å². The molecule has 0 radical (unpaired) electrons. The first-order valence-electron chi connectivity index (χ1n) is 3.49. The van der Waals surface area contributed by atoms with Crippen LogP contribution < -0.4 is 5.32 Å². The summed E-state index contributed by atoms with van der Waals surface area (Å²) in [7, 11) is 0. The van der Waals surface area contributed by atoms with Gasteiger partial charge in [-0.15, -0.1) is 12.4 Å². The molecule has 1 fully saturated rings. The molecule has 0 aromatic rings. The van der Waals surface area contributed by atoms with E-state index in [1.807, 2.05) is 0 Å². The molecule has 1 heterocycles. The van der Waals surface area contributed by atoms with Crippen molar-refractivity contribution in [1.29, 1.82) is 0 Å². The molecule has 0 unspecified atom stereocenters. The first kappa shape index (κ1) is 10.2. The van der Waals surface area contributed by atoms with Crippen LogP contribution in [0.1, 0.15) is 20.8 Å². The van der Waals surface area contributed by atoms with Crippen LogP contribution in [0, 0.1) is 0 Å². The van der Waals surface area contributed by atoms with Crippen molar-refractivity contribution in [3.05, 3.63) is 0 Å². The van der Waals surface area contributed by atoms with Gasteiger partial charge in [-0.2, -0.15) is 0 Å². The van der Waals surface area contributed by atoms with Gasteiger partial charge in [0.1, 0.15) is 0 Å². The molecule has 1 saturated heterocycles. The number of halogens is 1. The summed E-state index contributed by atoms with van der Waals surface area (Å²) in [6.45, 7) is 8.26. The molecule has 1 atom stereocenters. The van der Waals surface area contributed by atoms with E-state index in [4.69, 9.17) is 4.74 Å². The van der Waals surface area contributed by atoms with E-state index < -0.39 is 0 Å². The van der Waals surface area contributed by atoms with E-state index in [2.05, 4.69) is 26.1 Å². The zero-order chi connectivity index (χ0) is 6.91. The minimum atomic E-state index is 0. The summed E-state index contributed by atoms with van der Waals surface area (Å²) in [5.41, 5.74) is 0.0394. The fraction of sp³-hybridized carbons (Fsp3) is 1.00. The first-order chi connectivity index (χ1) is 4.10. The van der Waals surface area contributed by atoms with Crippen LogP contribution in [-0.2, 0) is 4.74 Å². The van der Waals surface area contributed by atoms with Gasteiger partial charge >= 0.3 is 0 Å². The highest BCUT2D eigenvalue weighted by atomic mass is 35.5. The fourth-order valence-corrected chi connectivity index (χ4v) is 1.20. The summed E-state index contributed by atoms with van der Waals surface area (Å²) in [5, 5.41) is 3.30. The number of nitrogens with one attached hydrogen (secondary N) is 1. The van der Waals surface area contributed by atoms with Crippen LogP contribution in [0.3, 0.4) is 0 Å².